The lowest BCUT2D eigenvalue weighted by Gasteiger charge is -2.08. The highest BCUT2D eigenvalue weighted by atomic mass is 79.9. The number of ether oxygens (including phenoxy) is 1. The first-order chi connectivity index (χ1) is 15.5. The molecule has 0 bridgehead atoms. The fourth-order valence-electron chi connectivity index (χ4n) is 3.39. The Morgan fingerprint density at radius 3 is 2.69 bits per heavy atom. The number of nitrogens with zero attached hydrogens (tertiary/aromatic N) is 3. The molecule has 0 aliphatic rings. The van der Waals surface area contributed by atoms with Crippen LogP contribution in [-0.2, 0) is 17.9 Å². The minimum atomic E-state index is -0.183. The highest BCUT2D eigenvalue weighted by molar-refractivity contribution is 9.10. The van der Waals surface area contributed by atoms with Crippen molar-refractivity contribution in [3.8, 4) is 17.0 Å². The van der Waals surface area contributed by atoms with Crippen LogP contribution < -0.4 is 15.6 Å². The van der Waals surface area contributed by atoms with Crippen molar-refractivity contribution in [2.45, 2.75) is 26.4 Å². The van der Waals surface area contributed by atoms with Crippen LogP contribution in [0, 0.1) is 0 Å². The molecule has 0 atom stereocenters. The fraction of sp³-hybridized carbons (Fsp3) is 0.208. The van der Waals surface area contributed by atoms with E-state index in [4.69, 9.17) is 4.74 Å². The minimum absolute atomic E-state index is 0.111. The van der Waals surface area contributed by atoms with Crippen LogP contribution in [0.25, 0.3) is 16.8 Å². The van der Waals surface area contributed by atoms with Gasteiger partial charge in [-0.15, -0.1) is 0 Å². The molecule has 0 aliphatic carbocycles. The molecule has 0 radical (unpaired) electrons. The van der Waals surface area contributed by atoms with Gasteiger partial charge < -0.3 is 14.6 Å². The van der Waals surface area contributed by atoms with E-state index in [0.717, 1.165) is 21.3 Å². The summed E-state index contributed by atoms with van der Waals surface area (Å²) < 4.78 is 9.54. The average Bonchev–Trinajstić information content (AvgIpc) is 3.23. The van der Waals surface area contributed by atoms with Crippen LogP contribution in [0.2, 0.25) is 0 Å². The topological polar surface area (TPSA) is 77.6 Å². The zero-order valence-electron chi connectivity index (χ0n) is 17.6. The third-order valence-corrected chi connectivity index (χ3v) is 5.52. The Balaban J connectivity index is 1.43. The summed E-state index contributed by atoms with van der Waals surface area (Å²) in [5, 5.41) is 7.39. The van der Waals surface area contributed by atoms with Gasteiger partial charge in [-0.25, -0.2) is 4.52 Å². The second-order valence-corrected chi connectivity index (χ2v) is 8.19. The number of fused-ring (bicyclic) bond motifs is 1. The maximum atomic E-state index is 12.9. The van der Waals surface area contributed by atoms with Crippen LogP contribution in [0.1, 0.15) is 18.9 Å². The second-order valence-electron chi connectivity index (χ2n) is 7.27. The van der Waals surface area contributed by atoms with Crippen LogP contribution >= 0.6 is 15.9 Å². The second kappa shape index (κ2) is 9.82. The number of hydrogen-bond donors (Lipinski definition) is 1. The van der Waals surface area contributed by atoms with Crippen molar-refractivity contribution in [1.82, 2.24) is 19.5 Å². The van der Waals surface area contributed by atoms with Crippen LogP contribution in [0.4, 0.5) is 0 Å². The van der Waals surface area contributed by atoms with E-state index in [1.807, 2.05) is 55.5 Å². The largest absolute Gasteiger partial charge is 0.494 e. The predicted octanol–water partition coefficient (Wildman–Crippen LogP) is 4.03. The van der Waals surface area contributed by atoms with Gasteiger partial charge in [0.15, 0.2) is 0 Å². The standard InChI is InChI=1S/C24H23BrN4O3/c1-2-32-20-8-6-18(7-9-20)21-15-22-24(31)28(12-13-29(22)27-21)11-10-23(30)26-16-17-4-3-5-19(25)14-17/h3-9,12-15H,2,10-11,16H2,1H3,(H,26,30). The van der Waals surface area contributed by atoms with Crippen molar-refractivity contribution in [2.75, 3.05) is 6.61 Å². The van der Waals surface area contributed by atoms with Gasteiger partial charge in [0, 0.05) is 41.9 Å². The van der Waals surface area contributed by atoms with Crippen molar-refractivity contribution in [3.63, 3.8) is 0 Å². The smallest absolute Gasteiger partial charge is 0.276 e. The van der Waals surface area contributed by atoms with E-state index in [0.29, 0.717) is 30.9 Å². The molecule has 0 aliphatic heterocycles. The van der Waals surface area contributed by atoms with E-state index in [1.165, 1.54) is 4.57 Å². The molecule has 0 fully saturated rings. The highest BCUT2D eigenvalue weighted by Crippen LogP contribution is 2.22. The van der Waals surface area contributed by atoms with Gasteiger partial charge in [0.2, 0.25) is 5.91 Å². The van der Waals surface area contributed by atoms with E-state index < -0.39 is 0 Å². The number of amides is 1. The lowest BCUT2D eigenvalue weighted by Crippen LogP contribution is -2.27. The van der Waals surface area contributed by atoms with Crippen molar-refractivity contribution in [1.29, 1.82) is 0 Å². The van der Waals surface area contributed by atoms with Gasteiger partial charge in [-0.1, -0.05) is 28.1 Å². The summed E-state index contributed by atoms with van der Waals surface area (Å²) in [5.41, 5.74) is 2.89. The highest BCUT2D eigenvalue weighted by Gasteiger charge is 2.11. The van der Waals surface area contributed by atoms with E-state index >= 15 is 0 Å². The third kappa shape index (κ3) is 5.08. The average molecular weight is 495 g/mol. The molecular formula is C24H23BrN4O3. The quantitative estimate of drug-likeness (QED) is 0.401. The first-order valence-corrected chi connectivity index (χ1v) is 11.2. The maximum absolute atomic E-state index is 12.9. The lowest BCUT2D eigenvalue weighted by molar-refractivity contribution is -0.121. The van der Waals surface area contributed by atoms with Crippen molar-refractivity contribution >= 4 is 27.4 Å². The summed E-state index contributed by atoms with van der Waals surface area (Å²) in [4.78, 5) is 25.1. The SMILES string of the molecule is CCOc1ccc(-c2cc3c(=O)n(CCC(=O)NCc4cccc(Br)c4)ccn3n2)cc1. The number of benzene rings is 2. The molecule has 0 spiro atoms. The number of nitrogens with one attached hydrogen (secondary N) is 1. The molecule has 7 nitrogen and oxygen atoms in total. The summed E-state index contributed by atoms with van der Waals surface area (Å²) in [6.45, 7) is 3.28. The number of carbonyl (C=O) groups excluding carboxylic acids is 1. The van der Waals surface area contributed by atoms with Crippen molar-refractivity contribution in [3.05, 3.63) is 87.4 Å². The van der Waals surface area contributed by atoms with Gasteiger partial charge in [-0.05, 0) is 55.0 Å². The monoisotopic (exact) mass is 494 g/mol. The third-order valence-electron chi connectivity index (χ3n) is 5.02. The lowest BCUT2D eigenvalue weighted by atomic mass is 10.1. The van der Waals surface area contributed by atoms with Crippen molar-refractivity contribution < 1.29 is 9.53 Å². The molecule has 0 unspecified atom stereocenters. The molecular weight excluding hydrogens is 472 g/mol. The number of aromatic nitrogens is 3. The molecule has 2 heterocycles. The van der Waals surface area contributed by atoms with E-state index in [-0.39, 0.29) is 17.9 Å². The maximum Gasteiger partial charge on any atom is 0.276 e. The van der Waals surface area contributed by atoms with Gasteiger partial charge in [0.05, 0.1) is 12.3 Å². The predicted molar refractivity (Wildman–Crippen MR) is 127 cm³/mol. The summed E-state index contributed by atoms with van der Waals surface area (Å²) in [6, 6.07) is 17.1. The first kappa shape index (κ1) is 21.8. The molecule has 1 N–H and O–H groups in total. The molecule has 8 heteroatoms. The van der Waals surface area contributed by atoms with Gasteiger partial charge in [-0.3, -0.25) is 9.59 Å². The van der Waals surface area contributed by atoms with Crippen LogP contribution in [0.5, 0.6) is 5.75 Å². The van der Waals surface area contributed by atoms with E-state index in [1.54, 1.807) is 23.0 Å². The van der Waals surface area contributed by atoms with E-state index in [2.05, 4.69) is 26.3 Å². The Kier molecular flexibility index (Phi) is 6.70. The summed E-state index contributed by atoms with van der Waals surface area (Å²) in [5.74, 6) is 0.681. The molecule has 1 amide bonds. The van der Waals surface area contributed by atoms with Crippen molar-refractivity contribution in [2.24, 2.45) is 0 Å². The summed E-state index contributed by atoms with van der Waals surface area (Å²) in [6.07, 6.45) is 3.60. The molecule has 2 aromatic carbocycles. The number of rotatable bonds is 8. The Labute approximate surface area is 193 Å². The molecule has 2 aromatic heterocycles. The number of carbonyl (C=O) groups is 1. The summed E-state index contributed by atoms with van der Waals surface area (Å²) in [7, 11) is 0. The number of halogens is 1. The number of aryl methyl sites for hydroxylation is 1. The van der Waals surface area contributed by atoms with E-state index in [9.17, 15) is 9.59 Å². The van der Waals surface area contributed by atoms with Crippen LogP contribution in [0.3, 0.4) is 0 Å². The number of hydrogen-bond acceptors (Lipinski definition) is 4. The summed E-state index contributed by atoms with van der Waals surface area (Å²) >= 11 is 3.42. The fourth-order valence-corrected chi connectivity index (χ4v) is 3.84. The van der Waals surface area contributed by atoms with Crippen LogP contribution in [-0.4, -0.2) is 26.7 Å². The minimum Gasteiger partial charge on any atom is -0.494 e. The first-order valence-electron chi connectivity index (χ1n) is 10.4. The van der Waals surface area contributed by atoms with Crippen LogP contribution in [0.15, 0.2) is 76.3 Å². The zero-order valence-corrected chi connectivity index (χ0v) is 19.2. The molecule has 164 valence electrons. The molecule has 0 saturated heterocycles. The molecule has 32 heavy (non-hydrogen) atoms. The van der Waals surface area contributed by atoms with Gasteiger partial charge in [0.1, 0.15) is 11.3 Å². The molecule has 4 rings (SSSR count). The molecule has 4 aromatic rings. The van der Waals surface area contributed by atoms with Gasteiger partial charge in [0.25, 0.3) is 5.56 Å². The Morgan fingerprint density at radius 2 is 1.94 bits per heavy atom. The Bertz CT molecular complexity index is 1290. The molecule has 0 saturated carbocycles. The van der Waals surface area contributed by atoms with Gasteiger partial charge >= 0.3 is 0 Å². The Hall–Kier alpha value is -3.39. The Morgan fingerprint density at radius 1 is 1.12 bits per heavy atom. The zero-order chi connectivity index (χ0) is 22.5. The normalized spacial score (nSPS) is 10.9. The van der Waals surface area contributed by atoms with Gasteiger partial charge in [-0.2, -0.15) is 5.10 Å².